The van der Waals surface area contributed by atoms with Crippen LogP contribution in [0, 0.1) is 5.92 Å². The van der Waals surface area contributed by atoms with E-state index < -0.39 is 12.0 Å². The van der Waals surface area contributed by atoms with Gasteiger partial charge in [-0.3, -0.25) is 4.79 Å². The van der Waals surface area contributed by atoms with Gasteiger partial charge in [-0.25, -0.2) is 4.79 Å². The molecule has 1 aromatic carbocycles. The fourth-order valence-corrected chi connectivity index (χ4v) is 2.52. The van der Waals surface area contributed by atoms with E-state index in [9.17, 15) is 14.7 Å². The first-order valence-electron chi connectivity index (χ1n) is 6.35. The summed E-state index contributed by atoms with van der Waals surface area (Å²) in [4.78, 5) is 24.9. The largest absolute Gasteiger partial charge is 0.480 e. The molecule has 1 heterocycles. The first-order valence-corrected chi connectivity index (χ1v) is 6.35. The van der Waals surface area contributed by atoms with Gasteiger partial charge in [-0.15, -0.1) is 0 Å². The molecule has 2 rings (SSSR count). The fourth-order valence-electron chi connectivity index (χ4n) is 2.52. The van der Waals surface area contributed by atoms with Crippen molar-refractivity contribution in [1.29, 1.82) is 0 Å². The minimum absolute atomic E-state index is 0.00729. The van der Waals surface area contributed by atoms with Gasteiger partial charge in [0.1, 0.15) is 6.04 Å². The Morgan fingerprint density at radius 3 is 2.58 bits per heavy atom. The molecule has 1 fully saturated rings. The number of nitrogen functional groups attached to an aromatic ring is 1. The molecule has 0 aliphatic carbocycles. The number of nitrogens with two attached hydrogens (primary N) is 1. The van der Waals surface area contributed by atoms with Crippen LogP contribution in [0.4, 0.5) is 5.69 Å². The quantitative estimate of drug-likeness (QED) is 0.800. The maximum Gasteiger partial charge on any atom is 0.326 e. The summed E-state index contributed by atoms with van der Waals surface area (Å²) in [5, 5.41) is 9.20. The van der Waals surface area contributed by atoms with Crippen LogP contribution in [-0.4, -0.2) is 34.5 Å². The molecule has 0 bridgehead atoms. The van der Waals surface area contributed by atoms with E-state index >= 15 is 0 Å². The molecule has 1 aromatic rings. The molecule has 3 N–H and O–H groups in total. The molecule has 1 aliphatic rings. The van der Waals surface area contributed by atoms with Crippen LogP contribution in [0.25, 0.3) is 0 Å². The number of carboxylic acids is 1. The highest BCUT2D eigenvalue weighted by atomic mass is 16.4. The van der Waals surface area contributed by atoms with E-state index in [1.807, 2.05) is 6.92 Å². The summed E-state index contributed by atoms with van der Waals surface area (Å²) >= 11 is 0. The van der Waals surface area contributed by atoms with Crippen molar-refractivity contribution in [2.24, 2.45) is 5.92 Å². The number of rotatable bonds is 3. The monoisotopic (exact) mass is 262 g/mol. The Morgan fingerprint density at radius 1 is 1.37 bits per heavy atom. The third-order valence-corrected chi connectivity index (χ3v) is 3.61. The smallest absolute Gasteiger partial charge is 0.326 e. The Bertz CT molecular complexity index is 484. The summed E-state index contributed by atoms with van der Waals surface area (Å²) in [7, 11) is 0. The van der Waals surface area contributed by atoms with E-state index in [-0.39, 0.29) is 18.2 Å². The third-order valence-electron chi connectivity index (χ3n) is 3.61. The molecule has 19 heavy (non-hydrogen) atoms. The molecule has 102 valence electrons. The van der Waals surface area contributed by atoms with Crippen LogP contribution >= 0.6 is 0 Å². The van der Waals surface area contributed by atoms with E-state index in [0.29, 0.717) is 12.2 Å². The normalized spacial score (nSPS) is 22.5. The van der Waals surface area contributed by atoms with Crippen molar-refractivity contribution >= 4 is 17.6 Å². The fraction of sp³-hybridized carbons (Fsp3) is 0.429. The molecule has 5 heteroatoms. The van der Waals surface area contributed by atoms with Gasteiger partial charge in [-0.1, -0.05) is 19.1 Å². The predicted molar refractivity (Wildman–Crippen MR) is 71.5 cm³/mol. The van der Waals surface area contributed by atoms with Crippen molar-refractivity contribution in [1.82, 2.24) is 4.90 Å². The number of hydrogen-bond acceptors (Lipinski definition) is 3. The van der Waals surface area contributed by atoms with E-state index in [1.54, 1.807) is 24.3 Å². The number of anilines is 1. The van der Waals surface area contributed by atoms with Gasteiger partial charge in [0, 0.05) is 12.2 Å². The first-order chi connectivity index (χ1) is 8.99. The van der Waals surface area contributed by atoms with Crippen LogP contribution in [0.5, 0.6) is 0 Å². The maximum absolute atomic E-state index is 12.2. The van der Waals surface area contributed by atoms with Crippen LogP contribution in [-0.2, 0) is 16.0 Å². The van der Waals surface area contributed by atoms with E-state index in [1.165, 1.54) is 4.90 Å². The predicted octanol–water partition coefficient (Wildman–Crippen LogP) is 1.13. The lowest BCUT2D eigenvalue weighted by Crippen LogP contribution is -2.43. The van der Waals surface area contributed by atoms with Crippen molar-refractivity contribution in [2.75, 3.05) is 12.3 Å². The van der Waals surface area contributed by atoms with Gasteiger partial charge < -0.3 is 15.7 Å². The van der Waals surface area contributed by atoms with Gasteiger partial charge in [0.05, 0.1) is 6.42 Å². The lowest BCUT2D eigenvalue weighted by atomic mass is 10.0. The summed E-state index contributed by atoms with van der Waals surface area (Å²) in [6.45, 7) is 2.39. The van der Waals surface area contributed by atoms with Crippen LogP contribution in [0.3, 0.4) is 0 Å². The average molecular weight is 262 g/mol. The second-order valence-corrected chi connectivity index (χ2v) is 5.05. The molecule has 0 spiro atoms. The van der Waals surface area contributed by atoms with E-state index in [4.69, 9.17) is 5.73 Å². The number of hydrogen-bond donors (Lipinski definition) is 2. The number of carbonyl (C=O) groups is 2. The van der Waals surface area contributed by atoms with Gasteiger partial charge in [-0.2, -0.15) is 0 Å². The third kappa shape index (κ3) is 2.86. The van der Waals surface area contributed by atoms with Crippen molar-refractivity contribution in [3.8, 4) is 0 Å². The minimum Gasteiger partial charge on any atom is -0.480 e. The highest BCUT2D eigenvalue weighted by Crippen LogP contribution is 2.25. The van der Waals surface area contributed by atoms with Crippen LogP contribution in [0.15, 0.2) is 24.3 Å². The number of amides is 1. The summed E-state index contributed by atoms with van der Waals surface area (Å²) in [5.74, 6) is -1.05. The zero-order valence-corrected chi connectivity index (χ0v) is 10.9. The van der Waals surface area contributed by atoms with Crippen LogP contribution in [0.1, 0.15) is 18.9 Å². The molecular weight excluding hydrogens is 244 g/mol. The summed E-state index contributed by atoms with van der Waals surface area (Å²) < 4.78 is 0. The highest BCUT2D eigenvalue weighted by molar-refractivity contribution is 5.85. The minimum atomic E-state index is -0.921. The number of nitrogens with zero attached hydrogens (tertiary/aromatic N) is 1. The second kappa shape index (κ2) is 5.30. The number of carbonyl (C=O) groups excluding carboxylic acids is 1. The zero-order valence-electron chi connectivity index (χ0n) is 10.9. The Morgan fingerprint density at radius 2 is 2.00 bits per heavy atom. The summed E-state index contributed by atoms with van der Waals surface area (Å²) in [5.41, 5.74) is 7.08. The first kappa shape index (κ1) is 13.4. The molecule has 1 amide bonds. The standard InChI is InChI=1S/C14H18N2O3/c1-9-6-7-16(13(9)14(18)19)12(17)8-10-2-4-11(15)5-3-10/h2-5,9,13H,6-8,15H2,1H3,(H,18,19). The van der Waals surface area contributed by atoms with Crippen molar-refractivity contribution in [3.05, 3.63) is 29.8 Å². The number of benzene rings is 1. The molecule has 0 saturated carbocycles. The lowest BCUT2D eigenvalue weighted by Gasteiger charge is -2.23. The molecule has 2 unspecified atom stereocenters. The SMILES string of the molecule is CC1CCN(C(=O)Cc2ccc(N)cc2)C1C(=O)O. The zero-order chi connectivity index (χ0) is 14.0. The van der Waals surface area contributed by atoms with Gasteiger partial charge >= 0.3 is 5.97 Å². The molecule has 0 aromatic heterocycles. The van der Waals surface area contributed by atoms with E-state index in [2.05, 4.69) is 0 Å². The number of likely N-dealkylation sites (tertiary alicyclic amines) is 1. The Balaban J connectivity index is 2.07. The van der Waals surface area contributed by atoms with Crippen molar-refractivity contribution < 1.29 is 14.7 Å². The number of carboxylic acid groups (broad SMARTS) is 1. The second-order valence-electron chi connectivity index (χ2n) is 5.05. The Kier molecular flexibility index (Phi) is 3.74. The van der Waals surface area contributed by atoms with Crippen molar-refractivity contribution in [2.45, 2.75) is 25.8 Å². The van der Waals surface area contributed by atoms with Crippen LogP contribution < -0.4 is 5.73 Å². The molecular formula is C14H18N2O3. The average Bonchev–Trinajstić information content (AvgIpc) is 2.74. The summed E-state index contributed by atoms with van der Waals surface area (Å²) in [6, 6.07) is 6.38. The lowest BCUT2D eigenvalue weighted by molar-refractivity contribution is -0.149. The van der Waals surface area contributed by atoms with Crippen LogP contribution in [0.2, 0.25) is 0 Å². The molecule has 0 radical (unpaired) electrons. The van der Waals surface area contributed by atoms with Gasteiger partial charge in [0.15, 0.2) is 0 Å². The topological polar surface area (TPSA) is 83.6 Å². The van der Waals surface area contributed by atoms with Gasteiger partial charge in [0.2, 0.25) is 5.91 Å². The molecule has 1 aliphatic heterocycles. The summed E-state index contributed by atoms with van der Waals surface area (Å²) in [6.07, 6.45) is 0.960. The van der Waals surface area contributed by atoms with E-state index in [0.717, 1.165) is 12.0 Å². The molecule has 5 nitrogen and oxygen atoms in total. The number of aliphatic carboxylic acids is 1. The molecule has 2 atom stereocenters. The maximum atomic E-state index is 12.2. The molecule has 1 saturated heterocycles. The highest BCUT2D eigenvalue weighted by Gasteiger charge is 2.39. The Labute approximate surface area is 112 Å². The van der Waals surface area contributed by atoms with Gasteiger partial charge in [0.25, 0.3) is 0 Å². The van der Waals surface area contributed by atoms with Gasteiger partial charge in [-0.05, 0) is 30.0 Å². The van der Waals surface area contributed by atoms with Crippen molar-refractivity contribution in [3.63, 3.8) is 0 Å². The Hall–Kier alpha value is -2.04.